The fourth-order valence-electron chi connectivity index (χ4n) is 3.41. The smallest absolute Gasteiger partial charge is 0.246 e. The number of carbonyl (C=O) groups excluding carboxylic acids is 2. The molecule has 0 bridgehead atoms. The van der Waals surface area contributed by atoms with Gasteiger partial charge in [0.1, 0.15) is 19.1 Å². The summed E-state index contributed by atoms with van der Waals surface area (Å²) in [6.07, 6.45) is 1.62. The summed E-state index contributed by atoms with van der Waals surface area (Å²) in [5.41, 5.74) is 1.95. The molecule has 124 valence electrons. The van der Waals surface area contributed by atoms with Crippen molar-refractivity contribution in [2.24, 2.45) is 0 Å². The minimum absolute atomic E-state index is 0.00394. The van der Waals surface area contributed by atoms with Crippen molar-refractivity contribution in [2.45, 2.75) is 32.4 Å². The zero-order chi connectivity index (χ0) is 16.7. The predicted molar refractivity (Wildman–Crippen MR) is 84.6 cm³/mol. The molecule has 2 amide bonds. The van der Waals surface area contributed by atoms with Gasteiger partial charge < -0.3 is 14.3 Å². The molecular formula is C17H18N4O3. The summed E-state index contributed by atoms with van der Waals surface area (Å²) >= 11 is 0. The average Bonchev–Trinajstić information content (AvgIpc) is 3.22. The maximum absolute atomic E-state index is 12.5. The minimum Gasteiger partial charge on any atom is -0.337 e. The molecule has 1 aromatic heterocycles. The maximum Gasteiger partial charge on any atom is 0.246 e. The lowest BCUT2D eigenvalue weighted by molar-refractivity contribution is -0.154. The number of hydrogen-bond acceptors (Lipinski definition) is 5. The van der Waals surface area contributed by atoms with E-state index in [4.69, 9.17) is 4.52 Å². The molecule has 3 heterocycles. The number of nitrogens with zero attached hydrogens (tertiary/aromatic N) is 4. The number of fused-ring (bicyclic) bond motifs is 1. The Hall–Kier alpha value is -2.70. The van der Waals surface area contributed by atoms with Crippen molar-refractivity contribution in [2.75, 3.05) is 13.1 Å². The third-order valence-corrected chi connectivity index (χ3v) is 4.68. The normalized spacial score (nSPS) is 20.6. The van der Waals surface area contributed by atoms with Crippen molar-refractivity contribution in [3.8, 4) is 11.4 Å². The summed E-state index contributed by atoms with van der Waals surface area (Å²) in [5.74, 6) is 0.820. The molecule has 1 atom stereocenters. The molecule has 1 aromatic carbocycles. The first-order valence-corrected chi connectivity index (χ1v) is 8.10. The van der Waals surface area contributed by atoms with E-state index in [1.807, 2.05) is 31.2 Å². The number of rotatable bonds is 3. The Kier molecular flexibility index (Phi) is 3.55. The second-order valence-corrected chi connectivity index (χ2v) is 6.27. The van der Waals surface area contributed by atoms with Crippen molar-refractivity contribution >= 4 is 11.8 Å². The molecule has 24 heavy (non-hydrogen) atoms. The maximum atomic E-state index is 12.5. The van der Waals surface area contributed by atoms with Gasteiger partial charge in [-0.3, -0.25) is 9.59 Å². The Balaban J connectivity index is 1.53. The molecular weight excluding hydrogens is 308 g/mol. The highest BCUT2D eigenvalue weighted by Crippen LogP contribution is 2.25. The van der Waals surface area contributed by atoms with Crippen LogP contribution in [-0.2, 0) is 16.1 Å². The molecule has 2 fully saturated rings. The molecule has 2 aromatic rings. The lowest BCUT2D eigenvalue weighted by atomic mass is 10.1. The third-order valence-electron chi connectivity index (χ3n) is 4.68. The van der Waals surface area contributed by atoms with E-state index < -0.39 is 0 Å². The molecule has 2 aliphatic rings. The monoisotopic (exact) mass is 326 g/mol. The molecule has 0 aliphatic carbocycles. The van der Waals surface area contributed by atoms with Crippen LogP contribution >= 0.6 is 0 Å². The van der Waals surface area contributed by atoms with Gasteiger partial charge in [0.15, 0.2) is 0 Å². The van der Waals surface area contributed by atoms with Crippen molar-refractivity contribution < 1.29 is 14.1 Å². The van der Waals surface area contributed by atoms with Crippen LogP contribution < -0.4 is 0 Å². The molecule has 7 heteroatoms. The van der Waals surface area contributed by atoms with Crippen LogP contribution in [0.25, 0.3) is 11.4 Å². The van der Waals surface area contributed by atoms with E-state index in [0.717, 1.165) is 24.0 Å². The van der Waals surface area contributed by atoms with Crippen molar-refractivity contribution in [1.29, 1.82) is 0 Å². The van der Waals surface area contributed by atoms with Gasteiger partial charge in [0.25, 0.3) is 0 Å². The Bertz CT molecular complexity index is 801. The highest BCUT2D eigenvalue weighted by atomic mass is 16.5. The Labute approximate surface area is 139 Å². The van der Waals surface area contributed by atoms with Gasteiger partial charge in [0.2, 0.25) is 23.5 Å². The van der Waals surface area contributed by atoms with Crippen LogP contribution in [0.3, 0.4) is 0 Å². The van der Waals surface area contributed by atoms with E-state index in [1.165, 1.54) is 4.90 Å². The Morgan fingerprint density at radius 1 is 1.29 bits per heavy atom. The number of benzene rings is 1. The first-order valence-electron chi connectivity index (χ1n) is 8.10. The van der Waals surface area contributed by atoms with E-state index in [2.05, 4.69) is 10.1 Å². The summed E-state index contributed by atoms with van der Waals surface area (Å²) in [5, 5.41) is 4.00. The van der Waals surface area contributed by atoms with Crippen LogP contribution in [0.2, 0.25) is 0 Å². The number of aryl methyl sites for hydroxylation is 1. The first-order chi connectivity index (χ1) is 11.6. The first kappa shape index (κ1) is 14.9. The average molecular weight is 326 g/mol. The van der Waals surface area contributed by atoms with E-state index >= 15 is 0 Å². The van der Waals surface area contributed by atoms with Crippen LogP contribution in [0, 0.1) is 6.92 Å². The number of amides is 2. The summed E-state index contributed by atoms with van der Waals surface area (Å²) in [6.45, 7) is 2.92. The topological polar surface area (TPSA) is 79.5 Å². The van der Waals surface area contributed by atoms with Gasteiger partial charge in [0.05, 0.1) is 0 Å². The summed E-state index contributed by atoms with van der Waals surface area (Å²) in [7, 11) is 0. The van der Waals surface area contributed by atoms with Crippen LogP contribution in [-0.4, -0.2) is 50.9 Å². The third kappa shape index (κ3) is 2.46. The van der Waals surface area contributed by atoms with Crippen LogP contribution in [0.15, 0.2) is 28.8 Å². The fraction of sp³-hybridized carbons (Fsp3) is 0.412. The minimum atomic E-state index is -0.315. The lowest BCUT2D eigenvalue weighted by Gasteiger charge is -2.35. The number of aromatic nitrogens is 2. The zero-order valence-corrected chi connectivity index (χ0v) is 13.4. The number of piperazine rings is 1. The molecule has 2 aliphatic heterocycles. The van der Waals surface area contributed by atoms with Crippen LogP contribution in [0.1, 0.15) is 24.3 Å². The quantitative estimate of drug-likeness (QED) is 0.851. The van der Waals surface area contributed by atoms with Gasteiger partial charge >= 0.3 is 0 Å². The van der Waals surface area contributed by atoms with Crippen molar-refractivity contribution in [1.82, 2.24) is 19.9 Å². The van der Waals surface area contributed by atoms with Gasteiger partial charge in [-0.1, -0.05) is 29.4 Å². The Morgan fingerprint density at radius 2 is 2.12 bits per heavy atom. The second kappa shape index (κ2) is 5.74. The number of hydrogen-bond donors (Lipinski definition) is 0. The number of carbonyl (C=O) groups is 2. The summed E-state index contributed by atoms with van der Waals surface area (Å²) < 4.78 is 5.29. The molecule has 0 radical (unpaired) electrons. The van der Waals surface area contributed by atoms with E-state index in [1.54, 1.807) is 4.90 Å². The van der Waals surface area contributed by atoms with E-state index in [0.29, 0.717) is 18.3 Å². The molecule has 4 rings (SSSR count). The van der Waals surface area contributed by atoms with Gasteiger partial charge in [-0.2, -0.15) is 4.98 Å². The Morgan fingerprint density at radius 3 is 2.96 bits per heavy atom. The molecule has 0 saturated carbocycles. The van der Waals surface area contributed by atoms with Crippen molar-refractivity contribution in [3.63, 3.8) is 0 Å². The molecule has 0 unspecified atom stereocenters. The SMILES string of the molecule is Cc1ccccc1-c1noc(CN2CC(=O)N3CCC[C@H]3C2=O)n1. The second-order valence-electron chi connectivity index (χ2n) is 6.27. The highest BCUT2D eigenvalue weighted by Gasteiger charge is 2.42. The molecule has 2 saturated heterocycles. The molecule has 7 nitrogen and oxygen atoms in total. The lowest BCUT2D eigenvalue weighted by Crippen LogP contribution is -2.56. The molecule has 0 N–H and O–H groups in total. The summed E-state index contributed by atoms with van der Waals surface area (Å²) in [4.78, 5) is 32.3. The standard InChI is InChI=1S/C17H18N4O3/c1-11-5-2-3-6-12(11)16-18-14(24-19-16)9-20-10-15(22)21-8-4-7-13(21)17(20)23/h2-3,5-6,13H,4,7-10H2,1H3/t13-/m0/s1. The van der Waals surface area contributed by atoms with Gasteiger partial charge in [-0.05, 0) is 25.3 Å². The molecule has 0 spiro atoms. The largest absolute Gasteiger partial charge is 0.337 e. The van der Waals surface area contributed by atoms with Gasteiger partial charge in [-0.25, -0.2) is 0 Å². The van der Waals surface area contributed by atoms with Crippen LogP contribution in [0.5, 0.6) is 0 Å². The highest BCUT2D eigenvalue weighted by molar-refractivity contribution is 5.95. The van der Waals surface area contributed by atoms with Crippen LogP contribution in [0.4, 0.5) is 0 Å². The van der Waals surface area contributed by atoms with E-state index in [9.17, 15) is 9.59 Å². The predicted octanol–water partition coefficient (Wildman–Crippen LogP) is 1.38. The van der Waals surface area contributed by atoms with Crippen molar-refractivity contribution in [3.05, 3.63) is 35.7 Å². The van der Waals surface area contributed by atoms with Gasteiger partial charge in [0, 0.05) is 12.1 Å². The summed E-state index contributed by atoms with van der Waals surface area (Å²) in [6, 6.07) is 7.46. The fourth-order valence-corrected chi connectivity index (χ4v) is 3.41. The van der Waals surface area contributed by atoms with E-state index in [-0.39, 0.29) is 30.9 Å². The zero-order valence-electron chi connectivity index (χ0n) is 13.4. The van der Waals surface area contributed by atoms with Gasteiger partial charge in [-0.15, -0.1) is 0 Å².